The highest BCUT2D eigenvalue weighted by Gasteiger charge is 2.20. The fourth-order valence-electron chi connectivity index (χ4n) is 5.42. The maximum atomic E-state index is 3.71. The first-order valence-electron chi connectivity index (χ1n) is 11.9. The molecule has 1 aliphatic heterocycles. The summed E-state index contributed by atoms with van der Waals surface area (Å²) < 4.78 is 1.25. The maximum Gasteiger partial charge on any atom is 0.0256 e. The van der Waals surface area contributed by atoms with Crippen LogP contribution >= 0.6 is 15.9 Å². The molecule has 1 aliphatic carbocycles. The van der Waals surface area contributed by atoms with Gasteiger partial charge in [0, 0.05) is 23.6 Å². The van der Waals surface area contributed by atoms with Gasteiger partial charge in [0.2, 0.25) is 0 Å². The predicted molar refractivity (Wildman–Crippen MR) is 141 cm³/mol. The molecule has 0 unspecified atom stereocenters. The zero-order valence-electron chi connectivity index (χ0n) is 19.6. The maximum absolute atomic E-state index is 3.71. The van der Waals surface area contributed by atoms with Gasteiger partial charge in [-0.2, -0.15) is 0 Å². The van der Waals surface area contributed by atoms with Gasteiger partial charge in [0.15, 0.2) is 0 Å². The van der Waals surface area contributed by atoms with Gasteiger partial charge in [0.25, 0.3) is 0 Å². The summed E-state index contributed by atoms with van der Waals surface area (Å²) in [6, 6.07) is 23.0. The lowest BCUT2D eigenvalue weighted by Crippen LogP contribution is -2.32. The van der Waals surface area contributed by atoms with E-state index < -0.39 is 0 Å². The number of aryl methyl sites for hydroxylation is 2. The van der Waals surface area contributed by atoms with Crippen LogP contribution in [-0.2, 0) is 25.9 Å². The van der Waals surface area contributed by atoms with Crippen molar-refractivity contribution >= 4 is 37.5 Å². The molecule has 6 rings (SSSR count). The van der Waals surface area contributed by atoms with E-state index in [2.05, 4.69) is 109 Å². The largest absolute Gasteiger partial charge is 0.292 e. The normalized spacial score (nSPS) is 15.0. The summed E-state index contributed by atoms with van der Waals surface area (Å²) in [4.78, 5) is 2.52. The van der Waals surface area contributed by atoms with Crippen LogP contribution in [0.2, 0.25) is 0 Å². The molecule has 0 amide bonds. The summed E-state index contributed by atoms with van der Waals surface area (Å²) in [6.07, 6.45) is 2.42. The van der Waals surface area contributed by atoms with Gasteiger partial charge in [0.05, 0.1) is 0 Å². The van der Waals surface area contributed by atoms with Crippen molar-refractivity contribution in [2.24, 2.45) is 0 Å². The Morgan fingerprint density at radius 3 is 1.81 bits per heavy atom. The van der Waals surface area contributed by atoms with Gasteiger partial charge in [-0.05, 0) is 88.0 Å². The van der Waals surface area contributed by atoms with Crippen LogP contribution in [-0.4, -0.2) is 10.9 Å². The van der Waals surface area contributed by atoms with Gasteiger partial charge in [-0.3, -0.25) is 4.90 Å². The van der Waals surface area contributed by atoms with Gasteiger partial charge in [-0.1, -0.05) is 84.4 Å². The monoisotopic (exact) mass is 485 g/mol. The lowest BCUT2D eigenvalue weighted by Gasteiger charge is -2.32. The van der Waals surface area contributed by atoms with Crippen LogP contribution < -0.4 is 0 Å². The molecule has 164 valence electrons. The van der Waals surface area contributed by atoms with Crippen LogP contribution in [0.4, 0.5) is 0 Å². The number of hydrogen-bond acceptors (Lipinski definition) is 1. The van der Waals surface area contributed by atoms with Crippen molar-refractivity contribution in [1.29, 1.82) is 0 Å². The van der Waals surface area contributed by atoms with Gasteiger partial charge < -0.3 is 0 Å². The number of hydrogen-bond donors (Lipinski definition) is 0. The molecular weight excluding hydrogens is 454 g/mol. The first kappa shape index (κ1) is 21.7. The molecule has 0 bridgehead atoms. The Labute approximate surface area is 200 Å². The van der Waals surface area contributed by atoms with Crippen molar-refractivity contribution in [3.05, 3.63) is 93.0 Å². The van der Waals surface area contributed by atoms with Crippen LogP contribution in [0.25, 0.3) is 21.5 Å². The number of nitrogens with zero attached hydrogens (tertiary/aromatic N) is 1. The number of halogens is 1. The second-order valence-corrected chi connectivity index (χ2v) is 10.7. The minimum Gasteiger partial charge on any atom is -0.292 e. The average molecular weight is 486 g/mol. The third kappa shape index (κ3) is 3.78. The Hall–Kier alpha value is -2.16. The quantitative estimate of drug-likeness (QED) is 0.275. The van der Waals surface area contributed by atoms with Crippen LogP contribution in [0.3, 0.4) is 0 Å². The molecule has 0 fully saturated rings. The average Bonchev–Trinajstić information content (AvgIpc) is 3.21. The van der Waals surface area contributed by atoms with Crippen LogP contribution in [0, 0.1) is 0 Å². The fraction of sp³-hybridized carbons (Fsp3) is 0.333. The molecule has 0 saturated heterocycles. The molecule has 32 heavy (non-hydrogen) atoms. The summed E-state index contributed by atoms with van der Waals surface area (Å²) in [7, 11) is 0. The molecule has 0 N–H and O–H groups in total. The third-order valence-corrected chi connectivity index (χ3v) is 7.82. The van der Waals surface area contributed by atoms with Crippen LogP contribution in [0.15, 0.2) is 65.1 Å². The molecule has 0 spiro atoms. The standard InChI is InChI=1S/C15H15Br.C15H17N/c1-9(2)12-7-5-10-3-4-11-6-8-13(16)15(12)14(10)11;1-11(2)16-9-13-7-3-5-12-6-4-8-14(10-16)15(12)13/h5-9H,3-4H2,1-2H3;3-8,11H,9-10H2,1-2H3. The molecule has 0 saturated carbocycles. The highest BCUT2D eigenvalue weighted by Crippen LogP contribution is 2.39. The van der Waals surface area contributed by atoms with Crippen molar-refractivity contribution in [1.82, 2.24) is 4.90 Å². The fourth-order valence-corrected chi connectivity index (χ4v) is 5.98. The Balaban J connectivity index is 0.000000135. The Morgan fingerprint density at radius 2 is 1.25 bits per heavy atom. The van der Waals surface area contributed by atoms with Gasteiger partial charge >= 0.3 is 0 Å². The van der Waals surface area contributed by atoms with Gasteiger partial charge in [0.1, 0.15) is 0 Å². The molecule has 0 radical (unpaired) electrons. The highest BCUT2D eigenvalue weighted by molar-refractivity contribution is 9.10. The minimum absolute atomic E-state index is 0.584. The zero-order valence-corrected chi connectivity index (χ0v) is 21.2. The van der Waals surface area contributed by atoms with E-state index in [0.29, 0.717) is 12.0 Å². The zero-order chi connectivity index (χ0) is 22.4. The summed E-state index contributed by atoms with van der Waals surface area (Å²) in [5.74, 6) is 0.584. The second-order valence-electron chi connectivity index (χ2n) is 9.86. The van der Waals surface area contributed by atoms with Crippen molar-refractivity contribution < 1.29 is 0 Å². The lowest BCUT2D eigenvalue weighted by atomic mass is 9.93. The molecule has 4 aromatic rings. The van der Waals surface area contributed by atoms with E-state index >= 15 is 0 Å². The number of benzene rings is 4. The molecular formula is C30H32BrN. The Kier molecular flexibility index (Phi) is 5.86. The SMILES string of the molecule is CC(C)N1Cc2cccc3cccc(c23)C1.CC(C)c1ccc2c3c(ccc(Br)c13)CC2. The first-order chi connectivity index (χ1) is 15.4. The molecule has 0 aromatic heterocycles. The van der Waals surface area contributed by atoms with E-state index in [1.807, 2.05) is 0 Å². The second kappa shape index (κ2) is 8.65. The summed E-state index contributed by atoms with van der Waals surface area (Å²) >= 11 is 3.71. The third-order valence-electron chi connectivity index (χ3n) is 7.15. The summed E-state index contributed by atoms with van der Waals surface area (Å²) in [5.41, 5.74) is 7.47. The lowest BCUT2D eigenvalue weighted by molar-refractivity contribution is 0.200. The molecule has 1 nitrogen and oxygen atoms in total. The smallest absolute Gasteiger partial charge is 0.0256 e. The van der Waals surface area contributed by atoms with E-state index in [4.69, 9.17) is 0 Å². The van der Waals surface area contributed by atoms with E-state index in [-0.39, 0.29) is 0 Å². The topological polar surface area (TPSA) is 3.24 Å². The van der Waals surface area contributed by atoms with Crippen molar-refractivity contribution in [3.63, 3.8) is 0 Å². The van der Waals surface area contributed by atoms with Gasteiger partial charge in [-0.25, -0.2) is 0 Å². The molecule has 0 atom stereocenters. The summed E-state index contributed by atoms with van der Waals surface area (Å²) in [6.45, 7) is 11.3. The Bertz CT molecular complexity index is 1250. The van der Waals surface area contributed by atoms with Gasteiger partial charge in [-0.15, -0.1) is 0 Å². The molecule has 4 aromatic carbocycles. The van der Waals surface area contributed by atoms with Crippen LogP contribution in [0.5, 0.6) is 0 Å². The minimum atomic E-state index is 0.584. The van der Waals surface area contributed by atoms with E-state index in [9.17, 15) is 0 Å². The van der Waals surface area contributed by atoms with Crippen LogP contribution in [0.1, 0.15) is 61.4 Å². The first-order valence-corrected chi connectivity index (χ1v) is 12.7. The van der Waals surface area contributed by atoms with Crippen molar-refractivity contribution in [3.8, 4) is 0 Å². The molecule has 2 aliphatic rings. The van der Waals surface area contributed by atoms with E-state index in [1.54, 1.807) is 0 Å². The summed E-state index contributed by atoms with van der Waals surface area (Å²) in [5, 5.41) is 5.84. The number of rotatable bonds is 2. The molecule has 1 heterocycles. The Morgan fingerprint density at radius 1 is 0.656 bits per heavy atom. The van der Waals surface area contributed by atoms with E-state index in [1.165, 1.54) is 66.7 Å². The van der Waals surface area contributed by atoms with Crippen molar-refractivity contribution in [2.45, 2.75) is 65.6 Å². The highest BCUT2D eigenvalue weighted by atomic mass is 79.9. The predicted octanol–water partition coefficient (Wildman–Crippen LogP) is 8.39. The van der Waals surface area contributed by atoms with Crippen molar-refractivity contribution in [2.75, 3.05) is 0 Å². The molecule has 2 heteroatoms. The van der Waals surface area contributed by atoms with E-state index in [0.717, 1.165) is 13.1 Å².